The van der Waals surface area contributed by atoms with Crippen molar-refractivity contribution in [3.05, 3.63) is 35.9 Å². The third-order valence-electron chi connectivity index (χ3n) is 5.03. The zero-order valence-corrected chi connectivity index (χ0v) is 15.3. The fourth-order valence-corrected chi connectivity index (χ4v) is 4.42. The Labute approximate surface area is 146 Å². The average Bonchev–Trinajstić information content (AvgIpc) is 2.57. The zero-order valence-electron chi connectivity index (χ0n) is 14.5. The third kappa shape index (κ3) is 8.27. The second-order valence-corrected chi connectivity index (χ2v) is 8.58. The molecule has 0 heterocycles. The topological polar surface area (TPSA) is 73.8 Å². The maximum absolute atomic E-state index is 10.2. The summed E-state index contributed by atoms with van der Waals surface area (Å²) in [5, 5.41) is 2.72. The molecule has 0 bridgehead atoms. The lowest BCUT2D eigenvalue weighted by atomic mass is 9.91. The van der Waals surface area contributed by atoms with Crippen LogP contribution < -0.4 is 5.32 Å². The Morgan fingerprint density at radius 2 is 1.29 bits per heavy atom. The predicted molar refractivity (Wildman–Crippen MR) is 95.5 cm³/mol. The molecule has 2 aliphatic carbocycles. The van der Waals surface area contributed by atoms with Crippen LogP contribution in [0.3, 0.4) is 0 Å². The van der Waals surface area contributed by atoms with E-state index in [2.05, 4.69) is 5.32 Å². The molecule has 0 aliphatic heterocycles. The van der Waals surface area contributed by atoms with E-state index in [9.17, 15) is 13.0 Å². The van der Waals surface area contributed by atoms with E-state index in [0.29, 0.717) is 5.56 Å². The molecule has 0 radical (unpaired) electrons. The summed E-state index contributed by atoms with van der Waals surface area (Å²) in [7, 11) is -4.13. The summed E-state index contributed by atoms with van der Waals surface area (Å²) in [6.45, 7) is 0. The van der Waals surface area contributed by atoms with Crippen LogP contribution in [0, 0.1) is 0 Å². The van der Waals surface area contributed by atoms with Gasteiger partial charge in [-0.2, -0.15) is 0 Å². The summed E-state index contributed by atoms with van der Waals surface area (Å²) in [6.07, 6.45) is 15.0. The lowest BCUT2D eigenvalue weighted by Crippen LogP contribution is -2.95. The molecule has 5 heteroatoms. The first kappa shape index (κ1) is 19.4. The molecule has 0 saturated heterocycles. The Balaban J connectivity index is 0.000000177. The highest BCUT2D eigenvalue weighted by atomic mass is 32.2. The molecular formula is C19H31NO3S. The smallest absolute Gasteiger partial charge is 0.0988 e. The molecule has 136 valence electrons. The van der Waals surface area contributed by atoms with Crippen molar-refractivity contribution in [3.8, 4) is 0 Å². The van der Waals surface area contributed by atoms with E-state index in [0.717, 1.165) is 12.1 Å². The van der Waals surface area contributed by atoms with Gasteiger partial charge in [-0.3, -0.25) is 0 Å². The molecule has 0 amide bonds. The minimum atomic E-state index is -4.13. The van der Waals surface area contributed by atoms with Gasteiger partial charge in [0.2, 0.25) is 0 Å². The van der Waals surface area contributed by atoms with E-state index in [-0.39, 0.29) is 0 Å². The average molecular weight is 354 g/mol. The van der Waals surface area contributed by atoms with Gasteiger partial charge in [0.15, 0.2) is 0 Å². The molecule has 2 saturated carbocycles. The quantitative estimate of drug-likeness (QED) is 0.846. The van der Waals surface area contributed by atoms with Gasteiger partial charge in [-0.05, 0) is 56.9 Å². The molecule has 4 nitrogen and oxygen atoms in total. The SMILES string of the molecule is C1CCC([NH2+]C2CCCCC2)CC1.O=S(=O)([O-])Cc1ccccc1. The van der Waals surface area contributed by atoms with E-state index in [1.54, 1.807) is 30.3 Å². The summed E-state index contributed by atoms with van der Waals surface area (Å²) in [4.78, 5) is 0. The van der Waals surface area contributed by atoms with Gasteiger partial charge in [-0.1, -0.05) is 43.2 Å². The highest BCUT2D eigenvalue weighted by Gasteiger charge is 2.22. The molecule has 3 rings (SSSR count). The monoisotopic (exact) mass is 353 g/mol. The first-order chi connectivity index (χ1) is 11.5. The van der Waals surface area contributed by atoms with Gasteiger partial charge in [-0.15, -0.1) is 0 Å². The lowest BCUT2D eigenvalue weighted by Gasteiger charge is -2.27. The molecule has 0 unspecified atom stereocenters. The molecule has 24 heavy (non-hydrogen) atoms. The van der Waals surface area contributed by atoms with Crippen LogP contribution in [-0.4, -0.2) is 25.1 Å². The van der Waals surface area contributed by atoms with Gasteiger partial charge in [-0.25, -0.2) is 8.42 Å². The predicted octanol–water partition coefficient (Wildman–Crippen LogP) is 2.95. The number of rotatable bonds is 4. The van der Waals surface area contributed by atoms with E-state index >= 15 is 0 Å². The highest BCUT2D eigenvalue weighted by Crippen LogP contribution is 2.18. The molecule has 2 fully saturated rings. The van der Waals surface area contributed by atoms with E-state index < -0.39 is 15.9 Å². The molecule has 1 aromatic rings. The Morgan fingerprint density at radius 3 is 1.71 bits per heavy atom. The van der Waals surface area contributed by atoms with Crippen molar-refractivity contribution in [3.63, 3.8) is 0 Å². The van der Waals surface area contributed by atoms with Crippen LogP contribution in [0.1, 0.15) is 69.8 Å². The number of hydrogen-bond donors (Lipinski definition) is 1. The van der Waals surface area contributed by atoms with Gasteiger partial charge >= 0.3 is 0 Å². The number of benzene rings is 1. The molecule has 2 aliphatic rings. The van der Waals surface area contributed by atoms with Gasteiger partial charge < -0.3 is 9.87 Å². The van der Waals surface area contributed by atoms with Crippen LogP contribution in [0.15, 0.2) is 30.3 Å². The fraction of sp³-hybridized carbons (Fsp3) is 0.684. The Morgan fingerprint density at radius 1 is 0.833 bits per heavy atom. The van der Waals surface area contributed by atoms with E-state index in [4.69, 9.17) is 0 Å². The summed E-state index contributed by atoms with van der Waals surface area (Å²) in [5.74, 6) is -0.423. The van der Waals surface area contributed by atoms with Crippen molar-refractivity contribution in [1.82, 2.24) is 0 Å². The molecule has 2 N–H and O–H groups in total. The summed E-state index contributed by atoms with van der Waals surface area (Å²) < 4.78 is 30.7. The van der Waals surface area contributed by atoms with Crippen molar-refractivity contribution in [1.29, 1.82) is 0 Å². The van der Waals surface area contributed by atoms with Gasteiger partial charge in [0.25, 0.3) is 0 Å². The van der Waals surface area contributed by atoms with Crippen LogP contribution in [0.4, 0.5) is 0 Å². The highest BCUT2D eigenvalue weighted by molar-refractivity contribution is 7.84. The molecule has 0 atom stereocenters. The molecule has 1 aromatic carbocycles. The molecule has 0 spiro atoms. The number of quaternary nitrogens is 1. The normalized spacial score (nSPS) is 20.2. The van der Waals surface area contributed by atoms with Gasteiger partial charge in [0.05, 0.1) is 28.0 Å². The minimum absolute atomic E-state index is 0.423. The van der Waals surface area contributed by atoms with Crippen molar-refractivity contribution >= 4 is 10.1 Å². The maximum Gasteiger partial charge on any atom is 0.0988 e. The third-order valence-corrected chi connectivity index (χ3v) is 5.72. The number of hydrogen-bond acceptors (Lipinski definition) is 3. The van der Waals surface area contributed by atoms with Crippen molar-refractivity contribution in [2.24, 2.45) is 0 Å². The molecule has 0 aromatic heterocycles. The minimum Gasteiger partial charge on any atom is -0.748 e. The van der Waals surface area contributed by atoms with Crippen molar-refractivity contribution in [2.75, 3.05) is 0 Å². The Bertz CT molecular complexity index is 531. The second-order valence-electron chi connectivity index (χ2n) is 7.18. The summed E-state index contributed by atoms with van der Waals surface area (Å²) >= 11 is 0. The first-order valence-corrected chi connectivity index (χ1v) is 10.9. The van der Waals surface area contributed by atoms with Crippen molar-refractivity contribution in [2.45, 2.75) is 82.0 Å². The first-order valence-electron chi connectivity index (χ1n) is 9.35. The maximum atomic E-state index is 10.2. The molecular weight excluding hydrogens is 322 g/mol. The Hall–Kier alpha value is -0.910. The van der Waals surface area contributed by atoms with Gasteiger partial charge in [0, 0.05) is 0 Å². The summed E-state index contributed by atoms with van der Waals surface area (Å²) in [6, 6.07) is 10.4. The van der Waals surface area contributed by atoms with E-state index in [1.807, 2.05) is 0 Å². The van der Waals surface area contributed by atoms with Crippen molar-refractivity contribution < 1.29 is 18.3 Å². The lowest BCUT2D eigenvalue weighted by molar-refractivity contribution is -0.725. The van der Waals surface area contributed by atoms with Crippen LogP contribution in [0.2, 0.25) is 0 Å². The van der Waals surface area contributed by atoms with Gasteiger partial charge in [0.1, 0.15) is 0 Å². The van der Waals surface area contributed by atoms with E-state index in [1.165, 1.54) is 64.2 Å². The number of nitrogens with two attached hydrogens (primary N) is 1. The Kier molecular flexibility index (Phi) is 8.22. The zero-order chi connectivity index (χ0) is 17.3. The fourth-order valence-electron chi connectivity index (χ4n) is 3.82. The van der Waals surface area contributed by atoms with Crippen LogP contribution in [0.25, 0.3) is 0 Å². The van der Waals surface area contributed by atoms with Crippen LogP contribution in [-0.2, 0) is 15.9 Å². The second kappa shape index (κ2) is 10.2. The standard InChI is InChI=1S/C12H23N.C7H8O3S/c1-3-7-11(8-4-1)13-12-9-5-2-6-10-12;8-11(9,10)6-7-4-2-1-3-5-7/h11-13H,1-10H2;1-5H,6H2,(H,8,9,10). The summed E-state index contributed by atoms with van der Waals surface area (Å²) in [5.41, 5.74) is 0.530. The largest absolute Gasteiger partial charge is 0.748 e. The van der Waals surface area contributed by atoms with Crippen LogP contribution >= 0.6 is 0 Å². The van der Waals surface area contributed by atoms with Crippen LogP contribution in [0.5, 0.6) is 0 Å².